The Kier molecular flexibility index (Phi) is 6.65. The van der Waals surface area contributed by atoms with Crippen molar-refractivity contribution in [1.29, 1.82) is 0 Å². The lowest BCUT2D eigenvalue weighted by Gasteiger charge is -2.09. The van der Waals surface area contributed by atoms with E-state index in [4.69, 9.17) is 9.84 Å². The number of aliphatic hydroxyl groups is 1. The number of aliphatic hydroxyl groups excluding tert-OH is 1. The molecular formula is C11H22O2S. The van der Waals surface area contributed by atoms with Crippen LogP contribution < -0.4 is 0 Å². The summed E-state index contributed by atoms with van der Waals surface area (Å²) in [5.41, 5.74) is 0. The van der Waals surface area contributed by atoms with Crippen LogP contribution in [0.1, 0.15) is 32.6 Å². The standard InChI is InChI=1S/C11H22O2S/c1-10(8-12)9-14-7-3-5-11-4-2-6-13-11/h10-12H,2-9H2,1H3. The van der Waals surface area contributed by atoms with Gasteiger partial charge in [-0.05, 0) is 43.1 Å². The quantitative estimate of drug-likeness (QED) is 0.665. The van der Waals surface area contributed by atoms with E-state index in [0.717, 1.165) is 12.4 Å². The van der Waals surface area contributed by atoms with Crippen LogP contribution in [0.25, 0.3) is 0 Å². The average molecular weight is 218 g/mol. The highest BCUT2D eigenvalue weighted by atomic mass is 32.2. The fourth-order valence-electron chi connectivity index (χ4n) is 1.62. The number of rotatable bonds is 7. The molecule has 1 heterocycles. The van der Waals surface area contributed by atoms with Crippen molar-refractivity contribution in [2.75, 3.05) is 24.7 Å². The van der Waals surface area contributed by atoms with Crippen molar-refractivity contribution in [3.05, 3.63) is 0 Å². The van der Waals surface area contributed by atoms with Crippen LogP contribution in [0, 0.1) is 5.92 Å². The Bertz CT molecular complexity index is 135. The van der Waals surface area contributed by atoms with Gasteiger partial charge < -0.3 is 9.84 Å². The van der Waals surface area contributed by atoms with Gasteiger partial charge in [-0.3, -0.25) is 0 Å². The topological polar surface area (TPSA) is 29.5 Å². The van der Waals surface area contributed by atoms with Crippen LogP contribution in [0.3, 0.4) is 0 Å². The van der Waals surface area contributed by atoms with Gasteiger partial charge in [0.1, 0.15) is 0 Å². The first-order valence-corrected chi connectivity index (χ1v) is 6.78. The minimum absolute atomic E-state index is 0.318. The van der Waals surface area contributed by atoms with E-state index in [1.54, 1.807) is 0 Å². The van der Waals surface area contributed by atoms with Crippen LogP contribution >= 0.6 is 11.8 Å². The fraction of sp³-hybridized carbons (Fsp3) is 1.00. The summed E-state index contributed by atoms with van der Waals surface area (Å²) in [5.74, 6) is 2.74. The molecule has 0 aromatic heterocycles. The number of hydrogen-bond acceptors (Lipinski definition) is 3. The summed E-state index contributed by atoms with van der Waals surface area (Å²) in [6, 6.07) is 0. The molecule has 2 nitrogen and oxygen atoms in total. The highest BCUT2D eigenvalue weighted by Crippen LogP contribution is 2.18. The number of hydrogen-bond donors (Lipinski definition) is 1. The molecule has 0 amide bonds. The Morgan fingerprint density at radius 1 is 1.57 bits per heavy atom. The summed E-state index contributed by atoms with van der Waals surface area (Å²) < 4.78 is 5.55. The van der Waals surface area contributed by atoms with Gasteiger partial charge in [-0.1, -0.05) is 6.92 Å². The molecule has 1 fully saturated rings. The van der Waals surface area contributed by atoms with Crippen molar-refractivity contribution in [2.24, 2.45) is 5.92 Å². The highest BCUT2D eigenvalue weighted by molar-refractivity contribution is 7.99. The molecule has 0 saturated carbocycles. The third-order valence-electron chi connectivity index (χ3n) is 2.55. The second kappa shape index (κ2) is 7.55. The van der Waals surface area contributed by atoms with Gasteiger partial charge in [0.2, 0.25) is 0 Å². The molecule has 1 N–H and O–H groups in total. The van der Waals surface area contributed by atoms with Crippen molar-refractivity contribution in [2.45, 2.75) is 38.7 Å². The molecule has 0 aromatic carbocycles. The largest absolute Gasteiger partial charge is 0.396 e. The van der Waals surface area contributed by atoms with Crippen LogP contribution in [0.4, 0.5) is 0 Å². The normalized spacial score (nSPS) is 24.0. The molecule has 3 heteroatoms. The average Bonchev–Trinajstić information content (AvgIpc) is 2.69. The van der Waals surface area contributed by atoms with E-state index in [-0.39, 0.29) is 0 Å². The number of ether oxygens (including phenoxy) is 1. The fourth-order valence-corrected chi connectivity index (χ4v) is 2.67. The second-order valence-electron chi connectivity index (χ2n) is 4.14. The smallest absolute Gasteiger partial charge is 0.0576 e. The first-order chi connectivity index (χ1) is 6.83. The van der Waals surface area contributed by atoms with Gasteiger partial charge >= 0.3 is 0 Å². The maximum absolute atomic E-state index is 8.83. The van der Waals surface area contributed by atoms with Crippen LogP contribution in [-0.2, 0) is 4.74 Å². The van der Waals surface area contributed by atoms with E-state index < -0.39 is 0 Å². The molecule has 14 heavy (non-hydrogen) atoms. The van der Waals surface area contributed by atoms with E-state index in [2.05, 4.69) is 6.92 Å². The minimum atomic E-state index is 0.318. The minimum Gasteiger partial charge on any atom is -0.396 e. The van der Waals surface area contributed by atoms with Crippen LogP contribution in [0.15, 0.2) is 0 Å². The Morgan fingerprint density at radius 3 is 3.07 bits per heavy atom. The van der Waals surface area contributed by atoms with Gasteiger partial charge in [0.15, 0.2) is 0 Å². The van der Waals surface area contributed by atoms with Gasteiger partial charge in [0, 0.05) is 13.2 Å². The van der Waals surface area contributed by atoms with Gasteiger partial charge in [-0.2, -0.15) is 11.8 Å². The highest BCUT2D eigenvalue weighted by Gasteiger charge is 2.14. The van der Waals surface area contributed by atoms with Gasteiger partial charge in [-0.25, -0.2) is 0 Å². The van der Waals surface area contributed by atoms with E-state index in [1.807, 2.05) is 11.8 Å². The molecule has 1 aliphatic heterocycles. The second-order valence-corrected chi connectivity index (χ2v) is 5.29. The molecule has 0 bridgehead atoms. The Labute approximate surface area is 91.4 Å². The summed E-state index contributed by atoms with van der Waals surface area (Å²) in [5, 5.41) is 8.83. The molecule has 1 saturated heterocycles. The lowest BCUT2D eigenvalue weighted by Crippen LogP contribution is -2.06. The molecule has 2 atom stereocenters. The zero-order valence-corrected chi connectivity index (χ0v) is 9.89. The molecule has 84 valence electrons. The van der Waals surface area contributed by atoms with Crippen molar-refractivity contribution in [3.63, 3.8) is 0 Å². The van der Waals surface area contributed by atoms with Crippen molar-refractivity contribution in [3.8, 4) is 0 Å². The predicted octanol–water partition coefficient (Wildman–Crippen LogP) is 2.31. The maximum atomic E-state index is 8.83. The van der Waals surface area contributed by atoms with Crippen molar-refractivity contribution in [1.82, 2.24) is 0 Å². The third kappa shape index (κ3) is 5.23. The lowest BCUT2D eigenvalue weighted by molar-refractivity contribution is 0.104. The van der Waals surface area contributed by atoms with Gasteiger partial charge in [0.25, 0.3) is 0 Å². The molecule has 1 aliphatic rings. The molecule has 0 aliphatic carbocycles. The van der Waals surface area contributed by atoms with Crippen molar-refractivity contribution < 1.29 is 9.84 Å². The van der Waals surface area contributed by atoms with Crippen LogP contribution in [0.5, 0.6) is 0 Å². The molecule has 0 spiro atoms. The first kappa shape index (κ1) is 12.3. The predicted molar refractivity (Wildman–Crippen MR) is 61.8 cm³/mol. The van der Waals surface area contributed by atoms with E-state index >= 15 is 0 Å². The molecule has 2 unspecified atom stereocenters. The Balaban J connectivity index is 1.84. The zero-order valence-electron chi connectivity index (χ0n) is 9.08. The summed E-state index contributed by atoms with van der Waals surface area (Å²) >= 11 is 1.95. The number of thioether (sulfide) groups is 1. The van der Waals surface area contributed by atoms with E-state index in [9.17, 15) is 0 Å². The SMILES string of the molecule is CC(CO)CSCCCC1CCCO1. The third-order valence-corrected chi connectivity index (χ3v) is 3.93. The zero-order chi connectivity index (χ0) is 10.2. The van der Waals surface area contributed by atoms with Gasteiger partial charge in [-0.15, -0.1) is 0 Å². The van der Waals surface area contributed by atoms with E-state index in [1.165, 1.54) is 31.4 Å². The lowest BCUT2D eigenvalue weighted by atomic mass is 10.1. The Hall–Kier alpha value is 0.270. The van der Waals surface area contributed by atoms with Gasteiger partial charge in [0.05, 0.1) is 6.10 Å². The summed E-state index contributed by atoms with van der Waals surface area (Å²) in [7, 11) is 0. The van der Waals surface area contributed by atoms with Crippen LogP contribution in [-0.4, -0.2) is 35.9 Å². The van der Waals surface area contributed by atoms with Crippen molar-refractivity contribution >= 4 is 11.8 Å². The molecule has 0 aromatic rings. The molecular weight excluding hydrogens is 196 g/mol. The monoisotopic (exact) mass is 218 g/mol. The molecule has 0 radical (unpaired) electrons. The molecule has 1 rings (SSSR count). The first-order valence-electron chi connectivity index (χ1n) is 5.63. The summed E-state index contributed by atoms with van der Waals surface area (Å²) in [6.45, 7) is 3.38. The van der Waals surface area contributed by atoms with Crippen LogP contribution in [0.2, 0.25) is 0 Å². The Morgan fingerprint density at radius 2 is 2.43 bits per heavy atom. The summed E-state index contributed by atoms with van der Waals surface area (Å²) in [6.07, 6.45) is 5.54. The van der Waals surface area contributed by atoms with E-state index in [0.29, 0.717) is 18.6 Å². The maximum Gasteiger partial charge on any atom is 0.0576 e. The summed E-state index contributed by atoms with van der Waals surface area (Å²) in [4.78, 5) is 0.